The minimum atomic E-state index is -1.04. The number of β-lactam (4-membered cyclic amide) rings is 1. The predicted molar refractivity (Wildman–Crippen MR) is 54.2 cm³/mol. The summed E-state index contributed by atoms with van der Waals surface area (Å²) >= 11 is 1.59. The molecular formula is C9H11NO4S. The Labute approximate surface area is 91.1 Å². The molecule has 2 aliphatic heterocycles. The average molecular weight is 229 g/mol. The van der Waals surface area contributed by atoms with E-state index in [-0.39, 0.29) is 23.6 Å². The molecule has 2 heterocycles. The molecule has 6 heteroatoms. The molecule has 0 saturated carbocycles. The quantitative estimate of drug-likeness (QED) is 0.704. The first kappa shape index (κ1) is 10.5. The third-order valence-electron chi connectivity index (χ3n) is 2.45. The largest absolute Gasteiger partial charge is 0.477 e. The van der Waals surface area contributed by atoms with E-state index in [1.165, 1.54) is 12.0 Å². The smallest absolute Gasteiger partial charge is 0.352 e. The van der Waals surface area contributed by atoms with Gasteiger partial charge in [0.1, 0.15) is 5.70 Å². The van der Waals surface area contributed by atoms with Gasteiger partial charge in [-0.25, -0.2) is 4.79 Å². The van der Waals surface area contributed by atoms with E-state index in [1.54, 1.807) is 11.8 Å². The van der Waals surface area contributed by atoms with Gasteiger partial charge in [-0.2, -0.15) is 0 Å². The lowest BCUT2D eigenvalue weighted by molar-refractivity contribution is -0.146. The van der Waals surface area contributed by atoms with Crippen molar-refractivity contribution in [2.24, 2.45) is 0 Å². The van der Waals surface area contributed by atoms with Crippen molar-refractivity contribution in [1.82, 2.24) is 4.90 Å². The molecule has 1 fully saturated rings. The molecule has 0 aliphatic carbocycles. The fraction of sp³-hybridized carbons (Fsp3) is 0.556. The Morgan fingerprint density at radius 3 is 3.00 bits per heavy atom. The van der Waals surface area contributed by atoms with Gasteiger partial charge in [-0.1, -0.05) is 0 Å². The second kappa shape index (κ2) is 3.86. The summed E-state index contributed by atoms with van der Waals surface area (Å²) in [6.45, 7) is 0.269. The van der Waals surface area contributed by atoms with Crippen LogP contribution in [0.3, 0.4) is 0 Å². The number of carboxylic acid groups (broad SMARTS) is 1. The van der Waals surface area contributed by atoms with E-state index in [1.807, 2.05) is 0 Å². The molecule has 1 amide bonds. The summed E-state index contributed by atoms with van der Waals surface area (Å²) in [7, 11) is 1.52. The van der Waals surface area contributed by atoms with E-state index in [9.17, 15) is 9.59 Å². The number of amides is 1. The Hall–Kier alpha value is -1.01. The van der Waals surface area contributed by atoms with Gasteiger partial charge in [-0.15, -0.1) is 11.8 Å². The molecule has 0 aromatic heterocycles. The molecule has 0 bridgehead atoms. The lowest BCUT2D eigenvalue weighted by atomic mass is 10.1. The van der Waals surface area contributed by atoms with Crippen LogP contribution in [0.15, 0.2) is 11.3 Å². The fourth-order valence-corrected chi connectivity index (χ4v) is 3.01. The number of carbonyl (C=O) groups excluding carboxylic acids is 1. The number of thioether (sulfide) groups is 1. The van der Waals surface area contributed by atoms with Crippen molar-refractivity contribution < 1.29 is 19.4 Å². The molecular weight excluding hydrogens is 218 g/mol. The number of carbonyl (C=O) groups is 2. The van der Waals surface area contributed by atoms with Crippen LogP contribution in [0.5, 0.6) is 0 Å². The maximum absolute atomic E-state index is 11.3. The molecule has 5 nitrogen and oxygen atoms in total. The molecule has 1 atom stereocenters. The first-order chi connectivity index (χ1) is 7.15. The van der Waals surface area contributed by atoms with Crippen LogP contribution >= 0.6 is 11.8 Å². The van der Waals surface area contributed by atoms with Crippen LogP contribution in [0, 0.1) is 0 Å². The topological polar surface area (TPSA) is 66.8 Å². The van der Waals surface area contributed by atoms with Gasteiger partial charge < -0.3 is 9.84 Å². The van der Waals surface area contributed by atoms with Gasteiger partial charge in [0.2, 0.25) is 5.91 Å². The van der Waals surface area contributed by atoms with Crippen LogP contribution in [0.25, 0.3) is 0 Å². The fourth-order valence-electron chi connectivity index (χ4n) is 1.76. The molecule has 0 aromatic carbocycles. The van der Waals surface area contributed by atoms with Gasteiger partial charge in [0, 0.05) is 12.9 Å². The summed E-state index contributed by atoms with van der Waals surface area (Å²) in [4.78, 5) is 23.7. The number of ether oxygens (including phenoxy) is 1. The Morgan fingerprint density at radius 1 is 1.73 bits per heavy atom. The van der Waals surface area contributed by atoms with Crippen LogP contribution < -0.4 is 0 Å². The number of aliphatic carboxylic acids is 1. The summed E-state index contributed by atoms with van der Waals surface area (Å²) in [5, 5.41) is 9.08. The summed E-state index contributed by atoms with van der Waals surface area (Å²) in [6.07, 6.45) is 0.446. The van der Waals surface area contributed by atoms with E-state index < -0.39 is 5.97 Å². The van der Waals surface area contributed by atoms with Gasteiger partial charge in [-0.05, 0) is 5.57 Å². The Balaban J connectivity index is 2.32. The van der Waals surface area contributed by atoms with E-state index >= 15 is 0 Å². The van der Waals surface area contributed by atoms with Crippen molar-refractivity contribution in [3.63, 3.8) is 0 Å². The summed E-state index contributed by atoms with van der Waals surface area (Å²) < 4.78 is 4.93. The van der Waals surface area contributed by atoms with Crippen LogP contribution in [-0.4, -0.2) is 46.7 Å². The third-order valence-corrected chi connectivity index (χ3v) is 3.73. The van der Waals surface area contributed by atoms with Crippen LogP contribution in [0.4, 0.5) is 0 Å². The molecule has 1 saturated heterocycles. The molecule has 0 aromatic rings. The highest BCUT2D eigenvalue weighted by atomic mass is 32.2. The average Bonchev–Trinajstić information content (AvgIpc) is 2.18. The number of hydrogen-bond acceptors (Lipinski definition) is 4. The molecule has 0 unspecified atom stereocenters. The number of nitrogens with zero attached hydrogens (tertiary/aromatic N) is 1. The lowest BCUT2D eigenvalue weighted by Crippen LogP contribution is -2.54. The monoisotopic (exact) mass is 229 g/mol. The first-order valence-electron chi connectivity index (χ1n) is 4.53. The van der Waals surface area contributed by atoms with Gasteiger partial charge in [0.05, 0.1) is 18.4 Å². The van der Waals surface area contributed by atoms with E-state index in [2.05, 4.69) is 0 Å². The Bertz CT molecular complexity index is 352. The number of hydrogen-bond donors (Lipinski definition) is 1. The number of carboxylic acids is 1. The summed E-state index contributed by atoms with van der Waals surface area (Å²) in [6, 6.07) is 0. The second-order valence-corrected chi connectivity index (χ2v) is 4.59. The van der Waals surface area contributed by atoms with Crippen molar-refractivity contribution in [3.05, 3.63) is 11.3 Å². The lowest BCUT2D eigenvalue weighted by Gasteiger charge is -2.43. The molecule has 82 valence electrons. The maximum Gasteiger partial charge on any atom is 0.352 e. The molecule has 0 radical (unpaired) electrons. The molecule has 15 heavy (non-hydrogen) atoms. The SMILES string of the molecule is COCC1=C(C(=O)O)N2C(=O)C[C@H]2SC1. The zero-order valence-electron chi connectivity index (χ0n) is 8.23. The Kier molecular flexibility index (Phi) is 2.70. The zero-order valence-corrected chi connectivity index (χ0v) is 9.04. The van der Waals surface area contributed by atoms with Gasteiger partial charge >= 0.3 is 5.97 Å². The van der Waals surface area contributed by atoms with Crippen LogP contribution in [-0.2, 0) is 14.3 Å². The molecule has 1 N–H and O–H groups in total. The second-order valence-electron chi connectivity index (χ2n) is 3.42. The van der Waals surface area contributed by atoms with Crippen molar-refractivity contribution in [2.75, 3.05) is 19.5 Å². The Morgan fingerprint density at radius 2 is 2.47 bits per heavy atom. The summed E-state index contributed by atoms with van der Waals surface area (Å²) in [5.74, 6) is -0.525. The van der Waals surface area contributed by atoms with Crippen molar-refractivity contribution in [2.45, 2.75) is 11.8 Å². The molecule has 0 spiro atoms. The highest BCUT2D eigenvalue weighted by Crippen LogP contribution is 2.39. The van der Waals surface area contributed by atoms with Gasteiger partial charge in [0.25, 0.3) is 0 Å². The van der Waals surface area contributed by atoms with Crippen LogP contribution in [0.2, 0.25) is 0 Å². The zero-order chi connectivity index (χ0) is 11.0. The van der Waals surface area contributed by atoms with E-state index in [0.29, 0.717) is 17.7 Å². The van der Waals surface area contributed by atoms with E-state index in [4.69, 9.17) is 9.84 Å². The minimum absolute atomic E-state index is 0.0178. The number of rotatable bonds is 3. The maximum atomic E-state index is 11.3. The standard InChI is InChI=1S/C9H11NO4S/c1-14-3-5-4-15-7-2-6(11)10(7)8(5)9(12)13/h7H,2-4H2,1H3,(H,12,13)/t7-/m1/s1. The molecule has 2 rings (SSSR count). The van der Waals surface area contributed by atoms with Crippen molar-refractivity contribution in [1.29, 1.82) is 0 Å². The predicted octanol–water partition coefficient (Wildman–Crippen LogP) is 0.277. The first-order valence-corrected chi connectivity index (χ1v) is 5.58. The van der Waals surface area contributed by atoms with Crippen molar-refractivity contribution >= 4 is 23.6 Å². The minimum Gasteiger partial charge on any atom is -0.477 e. The third kappa shape index (κ3) is 1.63. The van der Waals surface area contributed by atoms with Gasteiger partial charge in [-0.3, -0.25) is 9.69 Å². The van der Waals surface area contributed by atoms with Crippen molar-refractivity contribution in [3.8, 4) is 0 Å². The number of methoxy groups -OCH3 is 1. The number of fused-ring (bicyclic) bond motifs is 1. The highest BCUT2D eigenvalue weighted by molar-refractivity contribution is 8.00. The highest BCUT2D eigenvalue weighted by Gasteiger charge is 2.45. The van der Waals surface area contributed by atoms with E-state index in [0.717, 1.165) is 0 Å². The van der Waals surface area contributed by atoms with Gasteiger partial charge in [0.15, 0.2) is 0 Å². The van der Waals surface area contributed by atoms with Crippen LogP contribution in [0.1, 0.15) is 6.42 Å². The molecule has 2 aliphatic rings. The summed E-state index contributed by atoms with van der Waals surface area (Å²) in [5.41, 5.74) is 0.802. The normalized spacial score (nSPS) is 25.0.